The summed E-state index contributed by atoms with van der Waals surface area (Å²) in [6, 6.07) is 1.43. The number of methoxy groups -OCH3 is 1. The largest absolute Gasteiger partial charge is 0.469 e. The van der Waals surface area contributed by atoms with Crippen molar-refractivity contribution >= 4 is 5.97 Å². The predicted octanol–water partition coefficient (Wildman–Crippen LogP) is 1.73. The highest BCUT2D eigenvalue weighted by molar-refractivity contribution is 5.71. The molecule has 0 aromatic carbocycles. The molecule has 3 nitrogen and oxygen atoms in total. The Morgan fingerprint density at radius 3 is 2.60 bits per heavy atom. The minimum atomic E-state index is -0.131. The molecule has 84 valence electrons. The van der Waals surface area contributed by atoms with Crippen molar-refractivity contribution in [3.05, 3.63) is 11.6 Å². The van der Waals surface area contributed by atoms with Gasteiger partial charge in [0.1, 0.15) is 0 Å². The number of nitrogens with zero attached hydrogens (tertiary/aromatic N) is 1. The molecule has 2 atom stereocenters. The van der Waals surface area contributed by atoms with E-state index in [1.54, 1.807) is 0 Å². The molecule has 0 saturated carbocycles. The van der Waals surface area contributed by atoms with E-state index in [-0.39, 0.29) is 5.97 Å². The van der Waals surface area contributed by atoms with Gasteiger partial charge in [0.15, 0.2) is 0 Å². The highest BCUT2D eigenvalue weighted by atomic mass is 16.5. The number of hydrogen-bond acceptors (Lipinski definition) is 3. The van der Waals surface area contributed by atoms with Crippen LogP contribution in [0.3, 0.4) is 0 Å². The lowest BCUT2D eigenvalue weighted by molar-refractivity contribution is -0.139. The lowest BCUT2D eigenvalue weighted by atomic mass is 9.96. The maximum Gasteiger partial charge on any atom is 0.309 e. The maximum atomic E-state index is 11.0. The smallest absolute Gasteiger partial charge is 0.309 e. The normalized spacial score (nSPS) is 30.4. The summed E-state index contributed by atoms with van der Waals surface area (Å²) in [7, 11) is 3.67. The van der Waals surface area contributed by atoms with Crippen molar-refractivity contribution in [2.45, 2.75) is 44.2 Å². The van der Waals surface area contributed by atoms with Crippen molar-refractivity contribution in [2.24, 2.45) is 0 Å². The molecule has 15 heavy (non-hydrogen) atoms. The summed E-state index contributed by atoms with van der Waals surface area (Å²) in [5, 5.41) is 0. The van der Waals surface area contributed by atoms with E-state index in [2.05, 4.69) is 22.8 Å². The van der Waals surface area contributed by atoms with Crippen LogP contribution in [0.15, 0.2) is 11.6 Å². The molecule has 2 aliphatic rings. The maximum absolute atomic E-state index is 11.0. The van der Waals surface area contributed by atoms with Gasteiger partial charge in [-0.25, -0.2) is 0 Å². The average molecular weight is 209 g/mol. The van der Waals surface area contributed by atoms with E-state index in [4.69, 9.17) is 0 Å². The lowest BCUT2D eigenvalue weighted by Crippen LogP contribution is -2.36. The molecule has 2 aliphatic heterocycles. The van der Waals surface area contributed by atoms with Crippen LogP contribution in [0, 0.1) is 0 Å². The number of esters is 1. The number of hydrogen-bond donors (Lipinski definition) is 0. The van der Waals surface area contributed by atoms with Gasteiger partial charge in [-0.1, -0.05) is 11.6 Å². The molecule has 0 amide bonds. The fourth-order valence-corrected chi connectivity index (χ4v) is 2.75. The van der Waals surface area contributed by atoms with Gasteiger partial charge in [0.2, 0.25) is 0 Å². The Morgan fingerprint density at radius 1 is 1.47 bits per heavy atom. The molecular formula is C12H19NO2. The zero-order valence-corrected chi connectivity index (χ0v) is 9.53. The van der Waals surface area contributed by atoms with Crippen LogP contribution < -0.4 is 0 Å². The molecule has 0 aliphatic carbocycles. The summed E-state index contributed by atoms with van der Waals surface area (Å²) in [4.78, 5) is 13.5. The molecule has 2 bridgehead atoms. The van der Waals surface area contributed by atoms with E-state index in [0.717, 1.165) is 12.8 Å². The highest BCUT2D eigenvalue weighted by Gasteiger charge is 2.35. The summed E-state index contributed by atoms with van der Waals surface area (Å²) in [6.07, 6.45) is 7.43. The Bertz CT molecular complexity index is 269. The first kappa shape index (κ1) is 10.7. The van der Waals surface area contributed by atoms with E-state index < -0.39 is 0 Å². The van der Waals surface area contributed by atoms with Crippen LogP contribution >= 0.6 is 0 Å². The van der Waals surface area contributed by atoms with E-state index in [1.807, 2.05) is 0 Å². The molecule has 2 fully saturated rings. The Balaban J connectivity index is 1.93. The summed E-state index contributed by atoms with van der Waals surface area (Å²) in [5.41, 5.74) is 1.45. The average Bonchev–Trinajstić information content (AvgIpc) is 2.50. The molecule has 2 rings (SSSR count). The lowest BCUT2D eigenvalue weighted by Gasteiger charge is -2.32. The van der Waals surface area contributed by atoms with Gasteiger partial charge in [0.25, 0.3) is 0 Å². The third kappa shape index (κ3) is 2.23. The van der Waals surface area contributed by atoms with Crippen molar-refractivity contribution in [2.75, 3.05) is 14.2 Å². The summed E-state index contributed by atoms with van der Waals surface area (Å²) < 4.78 is 4.64. The Labute approximate surface area is 91.1 Å². The van der Waals surface area contributed by atoms with Crippen molar-refractivity contribution in [3.8, 4) is 0 Å². The molecule has 0 aromatic heterocycles. The van der Waals surface area contributed by atoms with Gasteiger partial charge in [0, 0.05) is 12.1 Å². The first-order valence-electron chi connectivity index (χ1n) is 5.67. The molecule has 2 heterocycles. The van der Waals surface area contributed by atoms with Gasteiger partial charge in [-0.15, -0.1) is 0 Å². The third-order valence-corrected chi connectivity index (χ3v) is 3.77. The van der Waals surface area contributed by atoms with Crippen molar-refractivity contribution in [1.82, 2.24) is 4.90 Å². The molecule has 0 radical (unpaired) electrons. The van der Waals surface area contributed by atoms with Crippen LogP contribution in [0.2, 0.25) is 0 Å². The van der Waals surface area contributed by atoms with Crippen LogP contribution in [0.25, 0.3) is 0 Å². The Kier molecular flexibility index (Phi) is 3.10. The van der Waals surface area contributed by atoms with Gasteiger partial charge in [0.05, 0.1) is 13.5 Å². The third-order valence-electron chi connectivity index (χ3n) is 3.77. The zero-order valence-electron chi connectivity index (χ0n) is 9.53. The summed E-state index contributed by atoms with van der Waals surface area (Å²) in [6.45, 7) is 0. The van der Waals surface area contributed by atoms with Crippen LogP contribution in [-0.2, 0) is 9.53 Å². The summed E-state index contributed by atoms with van der Waals surface area (Å²) >= 11 is 0. The molecule has 2 saturated heterocycles. The van der Waals surface area contributed by atoms with Gasteiger partial charge in [-0.3, -0.25) is 9.69 Å². The van der Waals surface area contributed by atoms with Gasteiger partial charge in [-0.2, -0.15) is 0 Å². The van der Waals surface area contributed by atoms with Crippen LogP contribution in [0.5, 0.6) is 0 Å². The van der Waals surface area contributed by atoms with Gasteiger partial charge >= 0.3 is 5.97 Å². The standard InChI is InChI=1S/C12H19NO2/c1-13-10-4-5-11(13)8-9(7-10)3-6-12(14)15-2/h3,10-11H,4-8H2,1-2H3. The van der Waals surface area contributed by atoms with Crippen LogP contribution in [0.4, 0.5) is 0 Å². The fourth-order valence-electron chi connectivity index (χ4n) is 2.75. The number of rotatable bonds is 2. The van der Waals surface area contributed by atoms with Crippen molar-refractivity contribution in [3.63, 3.8) is 0 Å². The highest BCUT2D eigenvalue weighted by Crippen LogP contribution is 2.36. The van der Waals surface area contributed by atoms with Crippen molar-refractivity contribution < 1.29 is 9.53 Å². The second-order valence-electron chi connectivity index (χ2n) is 4.60. The Hall–Kier alpha value is -0.830. The quantitative estimate of drug-likeness (QED) is 0.512. The van der Waals surface area contributed by atoms with Gasteiger partial charge in [-0.05, 0) is 32.7 Å². The first-order valence-corrected chi connectivity index (χ1v) is 5.67. The minimum absolute atomic E-state index is 0.131. The second kappa shape index (κ2) is 4.35. The van der Waals surface area contributed by atoms with E-state index in [0.29, 0.717) is 18.5 Å². The SMILES string of the molecule is COC(=O)CC=C1CC2CCC(C1)N2C. The number of carbonyl (C=O) groups excluding carboxylic acids is 1. The predicted molar refractivity (Wildman–Crippen MR) is 58.5 cm³/mol. The molecule has 0 N–H and O–H groups in total. The molecule has 3 heteroatoms. The number of fused-ring (bicyclic) bond motifs is 2. The first-order chi connectivity index (χ1) is 7.20. The topological polar surface area (TPSA) is 29.5 Å². The van der Waals surface area contributed by atoms with E-state index >= 15 is 0 Å². The second-order valence-corrected chi connectivity index (χ2v) is 4.60. The van der Waals surface area contributed by atoms with Crippen LogP contribution in [0.1, 0.15) is 32.1 Å². The minimum Gasteiger partial charge on any atom is -0.469 e. The molecule has 0 aromatic rings. The number of carbonyl (C=O) groups is 1. The fraction of sp³-hybridized carbons (Fsp3) is 0.750. The van der Waals surface area contributed by atoms with Gasteiger partial charge < -0.3 is 4.74 Å². The van der Waals surface area contributed by atoms with Crippen molar-refractivity contribution in [1.29, 1.82) is 0 Å². The van der Waals surface area contributed by atoms with Crippen LogP contribution in [-0.4, -0.2) is 37.1 Å². The number of piperidine rings is 1. The van der Waals surface area contributed by atoms with E-state index in [1.165, 1.54) is 25.5 Å². The number of ether oxygens (including phenoxy) is 1. The Morgan fingerprint density at radius 2 is 2.07 bits per heavy atom. The van der Waals surface area contributed by atoms with E-state index in [9.17, 15) is 4.79 Å². The molecule has 0 spiro atoms. The zero-order chi connectivity index (χ0) is 10.8. The molecular weight excluding hydrogens is 190 g/mol. The molecule has 2 unspecified atom stereocenters. The monoisotopic (exact) mass is 209 g/mol. The summed E-state index contributed by atoms with van der Waals surface area (Å²) in [5.74, 6) is -0.131.